The number of hydrogen-bond acceptors (Lipinski definition) is 2. The standard InChI is InChI=1S/C24H32O2/c1-3-4-5-6-7-8-20-17-25-24(26-18-20)23-15-13-22(14-16-23)21-11-9-19(2)10-12-21/h9-16,20,24H,3-8,17-18H2,1-2H3. The van der Waals surface area contributed by atoms with Gasteiger partial charge in [0.2, 0.25) is 0 Å². The quantitative estimate of drug-likeness (QED) is 0.493. The third-order valence-corrected chi connectivity index (χ3v) is 5.25. The van der Waals surface area contributed by atoms with Crippen LogP contribution in [0, 0.1) is 12.8 Å². The number of rotatable bonds is 8. The van der Waals surface area contributed by atoms with Gasteiger partial charge in [-0.3, -0.25) is 0 Å². The largest absolute Gasteiger partial charge is 0.348 e. The number of ether oxygens (including phenoxy) is 2. The van der Waals surface area contributed by atoms with E-state index in [0.29, 0.717) is 5.92 Å². The van der Waals surface area contributed by atoms with Gasteiger partial charge in [-0.15, -0.1) is 0 Å². The minimum atomic E-state index is -0.210. The van der Waals surface area contributed by atoms with Gasteiger partial charge in [-0.1, -0.05) is 93.1 Å². The first-order valence-corrected chi connectivity index (χ1v) is 10.2. The van der Waals surface area contributed by atoms with Gasteiger partial charge < -0.3 is 9.47 Å². The number of aryl methyl sites for hydroxylation is 1. The van der Waals surface area contributed by atoms with E-state index in [1.54, 1.807) is 0 Å². The fourth-order valence-corrected chi connectivity index (χ4v) is 3.52. The molecule has 1 heterocycles. The third kappa shape index (κ3) is 5.43. The van der Waals surface area contributed by atoms with Crippen LogP contribution >= 0.6 is 0 Å². The molecule has 0 radical (unpaired) electrons. The number of unbranched alkanes of at least 4 members (excludes halogenated alkanes) is 4. The van der Waals surface area contributed by atoms with E-state index in [1.807, 2.05) is 0 Å². The summed E-state index contributed by atoms with van der Waals surface area (Å²) in [5.41, 5.74) is 4.88. The van der Waals surface area contributed by atoms with Gasteiger partial charge in [-0.25, -0.2) is 0 Å². The molecule has 1 fully saturated rings. The molecule has 140 valence electrons. The molecular weight excluding hydrogens is 320 g/mol. The Hall–Kier alpha value is -1.64. The monoisotopic (exact) mass is 352 g/mol. The Labute approximate surface area is 158 Å². The van der Waals surface area contributed by atoms with E-state index in [1.165, 1.54) is 55.2 Å². The van der Waals surface area contributed by atoms with E-state index < -0.39 is 0 Å². The normalized spacial score (nSPS) is 20.2. The Morgan fingerprint density at radius 2 is 1.35 bits per heavy atom. The average molecular weight is 353 g/mol. The van der Waals surface area contributed by atoms with Crippen LogP contribution in [-0.4, -0.2) is 13.2 Å². The maximum atomic E-state index is 5.99. The molecule has 1 aliphatic rings. The molecule has 2 aromatic rings. The Bertz CT molecular complexity index is 637. The lowest BCUT2D eigenvalue weighted by Gasteiger charge is -2.29. The van der Waals surface area contributed by atoms with Crippen molar-refractivity contribution in [1.82, 2.24) is 0 Å². The van der Waals surface area contributed by atoms with E-state index in [-0.39, 0.29) is 6.29 Å². The highest BCUT2D eigenvalue weighted by Crippen LogP contribution is 2.29. The maximum absolute atomic E-state index is 5.99. The summed E-state index contributed by atoms with van der Waals surface area (Å²) in [5, 5.41) is 0. The average Bonchev–Trinajstić information content (AvgIpc) is 2.69. The van der Waals surface area contributed by atoms with Crippen LogP contribution in [0.2, 0.25) is 0 Å². The Kier molecular flexibility index (Phi) is 7.28. The third-order valence-electron chi connectivity index (χ3n) is 5.25. The Balaban J connectivity index is 1.46. The predicted octanol–water partition coefficient (Wildman–Crippen LogP) is 6.68. The zero-order valence-corrected chi connectivity index (χ0v) is 16.2. The second kappa shape index (κ2) is 9.89. The molecule has 0 amide bonds. The van der Waals surface area contributed by atoms with Crippen LogP contribution in [0.3, 0.4) is 0 Å². The van der Waals surface area contributed by atoms with Gasteiger partial charge in [0.25, 0.3) is 0 Å². The molecule has 0 aliphatic carbocycles. The smallest absolute Gasteiger partial charge is 0.183 e. The van der Waals surface area contributed by atoms with Crippen LogP contribution in [0.1, 0.15) is 62.9 Å². The summed E-state index contributed by atoms with van der Waals surface area (Å²) in [6.07, 6.45) is 7.68. The fraction of sp³-hybridized carbons (Fsp3) is 0.500. The van der Waals surface area contributed by atoms with Crippen molar-refractivity contribution >= 4 is 0 Å². The van der Waals surface area contributed by atoms with Gasteiger partial charge in [-0.2, -0.15) is 0 Å². The second-order valence-electron chi connectivity index (χ2n) is 7.56. The van der Waals surface area contributed by atoms with E-state index in [9.17, 15) is 0 Å². The van der Waals surface area contributed by atoms with Crippen molar-refractivity contribution in [2.45, 2.75) is 58.7 Å². The molecule has 2 heteroatoms. The van der Waals surface area contributed by atoms with Crippen molar-refractivity contribution in [2.24, 2.45) is 5.92 Å². The Morgan fingerprint density at radius 3 is 1.96 bits per heavy atom. The molecular formula is C24H32O2. The fourth-order valence-electron chi connectivity index (χ4n) is 3.52. The lowest BCUT2D eigenvalue weighted by molar-refractivity contribution is -0.206. The molecule has 0 spiro atoms. The van der Waals surface area contributed by atoms with E-state index in [2.05, 4.69) is 62.4 Å². The first-order valence-electron chi connectivity index (χ1n) is 10.2. The summed E-state index contributed by atoms with van der Waals surface area (Å²) >= 11 is 0. The van der Waals surface area contributed by atoms with Crippen LogP contribution in [0.25, 0.3) is 11.1 Å². The van der Waals surface area contributed by atoms with E-state index in [0.717, 1.165) is 18.8 Å². The second-order valence-corrected chi connectivity index (χ2v) is 7.56. The molecule has 0 N–H and O–H groups in total. The molecule has 0 unspecified atom stereocenters. The molecule has 0 aromatic heterocycles. The van der Waals surface area contributed by atoms with Gasteiger partial charge in [0.1, 0.15) is 0 Å². The van der Waals surface area contributed by atoms with Crippen molar-refractivity contribution in [3.63, 3.8) is 0 Å². The van der Waals surface area contributed by atoms with E-state index >= 15 is 0 Å². The van der Waals surface area contributed by atoms with Crippen LogP contribution in [-0.2, 0) is 9.47 Å². The van der Waals surface area contributed by atoms with Gasteiger partial charge in [0, 0.05) is 11.5 Å². The van der Waals surface area contributed by atoms with Crippen molar-refractivity contribution < 1.29 is 9.47 Å². The van der Waals surface area contributed by atoms with Gasteiger partial charge >= 0.3 is 0 Å². The molecule has 3 rings (SSSR count). The number of hydrogen-bond donors (Lipinski definition) is 0. The predicted molar refractivity (Wildman–Crippen MR) is 108 cm³/mol. The molecule has 0 bridgehead atoms. The summed E-state index contributed by atoms with van der Waals surface area (Å²) in [6, 6.07) is 17.2. The lowest BCUT2D eigenvalue weighted by atomic mass is 10.0. The highest BCUT2D eigenvalue weighted by atomic mass is 16.7. The van der Waals surface area contributed by atoms with Crippen molar-refractivity contribution in [1.29, 1.82) is 0 Å². The molecule has 0 saturated carbocycles. The molecule has 1 aliphatic heterocycles. The molecule has 26 heavy (non-hydrogen) atoms. The molecule has 2 nitrogen and oxygen atoms in total. The van der Waals surface area contributed by atoms with Gasteiger partial charge in [-0.05, 0) is 24.5 Å². The van der Waals surface area contributed by atoms with Crippen molar-refractivity contribution in [3.05, 3.63) is 59.7 Å². The summed E-state index contributed by atoms with van der Waals surface area (Å²) in [6.45, 7) is 6.01. The highest BCUT2D eigenvalue weighted by Gasteiger charge is 2.23. The zero-order chi connectivity index (χ0) is 18.2. The zero-order valence-electron chi connectivity index (χ0n) is 16.2. The lowest BCUT2D eigenvalue weighted by Crippen LogP contribution is -2.27. The van der Waals surface area contributed by atoms with Crippen molar-refractivity contribution in [3.8, 4) is 11.1 Å². The van der Waals surface area contributed by atoms with Gasteiger partial charge in [0.05, 0.1) is 13.2 Å². The highest BCUT2D eigenvalue weighted by molar-refractivity contribution is 5.63. The maximum Gasteiger partial charge on any atom is 0.183 e. The first kappa shape index (κ1) is 19.1. The summed E-state index contributed by atoms with van der Waals surface area (Å²) in [7, 11) is 0. The Morgan fingerprint density at radius 1 is 0.769 bits per heavy atom. The van der Waals surface area contributed by atoms with Gasteiger partial charge in [0.15, 0.2) is 6.29 Å². The topological polar surface area (TPSA) is 18.5 Å². The summed E-state index contributed by atoms with van der Waals surface area (Å²) < 4.78 is 12.0. The summed E-state index contributed by atoms with van der Waals surface area (Å²) in [5.74, 6) is 0.555. The van der Waals surface area contributed by atoms with Crippen LogP contribution < -0.4 is 0 Å². The van der Waals surface area contributed by atoms with Crippen LogP contribution in [0.4, 0.5) is 0 Å². The van der Waals surface area contributed by atoms with E-state index in [4.69, 9.17) is 9.47 Å². The van der Waals surface area contributed by atoms with Crippen molar-refractivity contribution in [2.75, 3.05) is 13.2 Å². The minimum absolute atomic E-state index is 0.210. The van der Waals surface area contributed by atoms with Crippen LogP contribution in [0.5, 0.6) is 0 Å². The molecule has 0 atom stereocenters. The first-order chi connectivity index (χ1) is 12.8. The molecule has 1 saturated heterocycles. The SMILES string of the molecule is CCCCCCCC1COC(c2ccc(-c3ccc(C)cc3)cc2)OC1. The summed E-state index contributed by atoms with van der Waals surface area (Å²) in [4.78, 5) is 0. The minimum Gasteiger partial charge on any atom is -0.348 e. The van der Waals surface area contributed by atoms with Crippen LogP contribution in [0.15, 0.2) is 48.5 Å². The number of benzene rings is 2. The molecule has 2 aromatic carbocycles.